The van der Waals surface area contributed by atoms with Crippen LogP contribution in [0.1, 0.15) is 42.9 Å². The molecular formula is C45H33NS. The number of aromatic nitrogens is 1. The molecule has 6 aromatic carbocycles. The van der Waals surface area contributed by atoms with Crippen molar-refractivity contribution in [3.63, 3.8) is 0 Å². The van der Waals surface area contributed by atoms with E-state index < -0.39 is 0 Å². The Morgan fingerprint density at radius 3 is 2.23 bits per heavy atom. The number of allylic oxidation sites excluding steroid dienone is 4. The molecule has 2 aromatic heterocycles. The highest BCUT2D eigenvalue weighted by Gasteiger charge is 2.35. The van der Waals surface area contributed by atoms with Gasteiger partial charge in [-0.05, 0) is 75.7 Å². The maximum absolute atomic E-state index is 2.56. The van der Waals surface area contributed by atoms with Gasteiger partial charge in [0.2, 0.25) is 0 Å². The normalized spacial score (nSPS) is 16.6. The van der Waals surface area contributed by atoms with Crippen LogP contribution in [0.3, 0.4) is 0 Å². The zero-order chi connectivity index (χ0) is 31.3. The Labute approximate surface area is 278 Å². The maximum Gasteiger partial charge on any atom is 0.0640 e. The first kappa shape index (κ1) is 27.0. The van der Waals surface area contributed by atoms with Gasteiger partial charge >= 0.3 is 0 Å². The first-order valence-corrected chi connectivity index (χ1v) is 17.5. The molecule has 0 bridgehead atoms. The van der Waals surface area contributed by atoms with Crippen LogP contribution in [0.4, 0.5) is 0 Å². The summed E-state index contributed by atoms with van der Waals surface area (Å²) in [5.41, 5.74) is 13.3. The van der Waals surface area contributed by atoms with E-state index in [0.29, 0.717) is 5.92 Å². The molecule has 0 aliphatic heterocycles. The number of benzene rings is 6. The highest BCUT2D eigenvalue weighted by atomic mass is 32.1. The standard InChI is InChI=1S/C45H33NS/c1-45(2)37-17-9-6-14-32(37)33-25-22-30(26-38(33)45)36-27-41-43(35-16-8-11-19-40(35)47-41)44-42(36)34-15-7-10-18-39(34)46(44)31-23-20-29(21-24-31)28-12-4-3-5-13-28/h3-20,22-27,29H,21H2,1-2H3. The lowest BCUT2D eigenvalue weighted by Gasteiger charge is -2.22. The number of rotatable bonds is 3. The Morgan fingerprint density at radius 1 is 0.638 bits per heavy atom. The second-order valence-corrected chi connectivity index (χ2v) is 14.7. The van der Waals surface area contributed by atoms with Crippen LogP contribution >= 0.6 is 11.3 Å². The number of para-hydroxylation sites is 1. The molecule has 2 aliphatic rings. The number of nitrogens with zero attached hydrogens (tertiary/aromatic N) is 1. The predicted molar refractivity (Wildman–Crippen MR) is 203 cm³/mol. The topological polar surface area (TPSA) is 4.93 Å². The van der Waals surface area contributed by atoms with Crippen molar-refractivity contribution >= 4 is 59.0 Å². The van der Waals surface area contributed by atoms with Gasteiger partial charge in [-0.3, -0.25) is 0 Å². The summed E-state index contributed by atoms with van der Waals surface area (Å²) in [5, 5.41) is 5.33. The van der Waals surface area contributed by atoms with Crippen LogP contribution in [-0.2, 0) is 5.41 Å². The van der Waals surface area contributed by atoms with Gasteiger partial charge in [-0.25, -0.2) is 0 Å². The van der Waals surface area contributed by atoms with Crippen molar-refractivity contribution in [2.24, 2.45) is 0 Å². The molecule has 1 unspecified atom stereocenters. The van der Waals surface area contributed by atoms with Gasteiger partial charge in [0, 0.05) is 48.0 Å². The molecule has 0 radical (unpaired) electrons. The lowest BCUT2D eigenvalue weighted by Crippen LogP contribution is -2.14. The van der Waals surface area contributed by atoms with Crippen LogP contribution < -0.4 is 0 Å². The molecule has 10 rings (SSSR count). The number of hydrogen-bond acceptors (Lipinski definition) is 1. The summed E-state index contributed by atoms with van der Waals surface area (Å²) in [5.74, 6) is 0.393. The zero-order valence-corrected chi connectivity index (χ0v) is 27.3. The molecule has 0 fully saturated rings. The summed E-state index contributed by atoms with van der Waals surface area (Å²) in [7, 11) is 0. The van der Waals surface area contributed by atoms with Crippen molar-refractivity contribution in [3.8, 4) is 22.3 Å². The van der Waals surface area contributed by atoms with Gasteiger partial charge in [-0.15, -0.1) is 11.3 Å². The Morgan fingerprint density at radius 2 is 1.38 bits per heavy atom. The van der Waals surface area contributed by atoms with Gasteiger partial charge in [0.05, 0.1) is 11.0 Å². The van der Waals surface area contributed by atoms with Gasteiger partial charge in [0.15, 0.2) is 0 Å². The minimum atomic E-state index is -0.0518. The molecule has 2 heterocycles. The average molecular weight is 620 g/mol. The molecule has 224 valence electrons. The molecule has 0 spiro atoms. The molecule has 0 N–H and O–H groups in total. The minimum Gasteiger partial charge on any atom is -0.309 e. The van der Waals surface area contributed by atoms with Crippen LogP contribution in [0.15, 0.2) is 146 Å². The van der Waals surface area contributed by atoms with Crippen molar-refractivity contribution in [3.05, 3.63) is 162 Å². The van der Waals surface area contributed by atoms with Crippen LogP contribution in [0.25, 0.3) is 69.9 Å². The van der Waals surface area contributed by atoms with Gasteiger partial charge in [-0.2, -0.15) is 0 Å². The van der Waals surface area contributed by atoms with Crippen LogP contribution in [0.5, 0.6) is 0 Å². The fraction of sp³-hybridized carbons (Fsp3) is 0.111. The third kappa shape index (κ3) is 3.82. The molecule has 0 saturated heterocycles. The van der Waals surface area contributed by atoms with Crippen LogP contribution in [0, 0.1) is 0 Å². The fourth-order valence-electron chi connectivity index (χ4n) is 8.45. The summed E-state index contributed by atoms with van der Waals surface area (Å²) in [6.45, 7) is 4.76. The largest absolute Gasteiger partial charge is 0.309 e. The van der Waals surface area contributed by atoms with E-state index in [1.807, 2.05) is 11.3 Å². The first-order chi connectivity index (χ1) is 23.1. The Bertz CT molecular complexity index is 2620. The Hall–Kier alpha value is -5.18. The summed E-state index contributed by atoms with van der Waals surface area (Å²) in [6, 6.07) is 47.5. The number of fused-ring (bicyclic) bond motifs is 10. The van der Waals surface area contributed by atoms with E-state index in [4.69, 9.17) is 0 Å². The molecule has 8 aromatic rings. The summed E-state index contributed by atoms with van der Waals surface area (Å²) in [6.07, 6.45) is 8.19. The third-order valence-corrected chi connectivity index (χ3v) is 11.9. The molecular weight excluding hydrogens is 587 g/mol. The first-order valence-electron chi connectivity index (χ1n) is 16.6. The van der Waals surface area contributed by atoms with E-state index >= 15 is 0 Å². The number of hydrogen-bond donors (Lipinski definition) is 0. The molecule has 0 amide bonds. The average Bonchev–Trinajstić information content (AvgIpc) is 3.74. The molecule has 1 atom stereocenters. The van der Waals surface area contributed by atoms with E-state index in [2.05, 4.69) is 164 Å². The summed E-state index contributed by atoms with van der Waals surface area (Å²) >= 11 is 1.91. The van der Waals surface area contributed by atoms with E-state index in [9.17, 15) is 0 Å². The van der Waals surface area contributed by atoms with E-state index in [0.717, 1.165) is 6.42 Å². The Kier molecular flexibility index (Phi) is 5.69. The highest BCUT2D eigenvalue weighted by Crippen LogP contribution is 2.52. The smallest absolute Gasteiger partial charge is 0.0640 e. The minimum absolute atomic E-state index is 0.0518. The van der Waals surface area contributed by atoms with Crippen LogP contribution in [-0.4, -0.2) is 4.57 Å². The van der Waals surface area contributed by atoms with Crippen molar-refractivity contribution in [1.29, 1.82) is 0 Å². The van der Waals surface area contributed by atoms with E-state index in [1.165, 1.54) is 86.6 Å². The van der Waals surface area contributed by atoms with Gasteiger partial charge in [-0.1, -0.05) is 129 Å². The van der Waals surface area contributed by atoms with Crippen molar-refractivity contribution in [1.82, 2.24) is 4.57 Å². The predicted octanol–water partition coefficient (Wildman–Crippen LogP) is 12.7. The van der Waals surface area contributed by atoms with Crippen molar-refractivity contribution in [2.75, 3.05) is 0 Å². The number of thiophene rings is 1. The lowest BCUT2D eigenvalue weighted by molar-refractivity contribution is 0.660. The second-order valence-electron chi connectivity index (χ2n) is 13.6. The molecule has 2 heteroatoms. The quantitative estimate of drug-likeness (QED) is 0.185. The van der Waals surface area contributed by atoms with Crippen molar-refractivity contribution in [2.45, 2.75) is 31.6 Å². The maximum atomic E-state index is 2.56. The second kappa shape index (κ2) is 9.91. The molecule has 47 heavy (non-hydrogen) atoms. The van der Waals surface area contributed by atoms with Crippen LogP contribution in [0.2, 0.25) is 0 Å². The molecule has 2 aliphatic carbocycles. The van der Waals surface area contributed by atoms with Gasteiger partial charge in [0.25, 0.3) is 0 Å². The Balaban J connectivity index is 1.27. The van der Waals surface area contributed by atoms with Gasteiger partial charge in [0.1, 0.15) is 0 Å². The lowest BCUT2D eigenvalue weighted by atomic mass is 9.81. The highest BCUT2D eigenvalue weighted by molar-refractivity contribution is 7.26. The van der Waals surface area contributed by atoms with E-state index in [-0.39, 0.29) is 5.41 Å². The molecule has 1 nitrogen and oxygen atoms in total. The van der Waals surface area contributed by atoms with Gasteiger partial charge < -0.3 is 4.57 Å². The molecule has 0 saturated carbocycles. The zero-order valence-electron chi connectivity index (χ0n) is 26.5. The van der Waals surface area contributed by atoms with E-state index in [1.54, 1.807) is 0 Å². The monoisotopic (exact) mass is 619 g/mol. The summed E-state index contributed by atoms with van der Waals surface area (Å²) in [4.78, 5) is 0. The SMILES string of the molecule is CC1(C)c2ccccc2-c2ccc(-c3cc4sc5ccccc5c4c4c3c3ccccc3n4C3=CCC(c4ccccc4)C=C3)cc21. The fourth-order valence-corrected chi connectivity index (χ4v) is 9.60. The van der Waals surface area contributed by atoms with Crippen molar-refractivity contribution < 1.29 is 0 Å². The third-order valence-electron chi connectivity index (χ3n) is 10.7. The summed E-state index contributed by atoms with van der Waals surface area (Å²) < 4.78 is 5.23.